The zero-order chi connectivity index (χ0) is 14.0. The Kier molecular flexibility index (Phi) is 3.64. The highest BCUT2D eigenvalue weighted by atomic mass is 19.2. The van der Waals surface area contributed by atoms with Crippen molar-refractivity contribution in [3.8, 4) is 5.75 Å². The smallest absolute Gasteiger partial charge is 0.160 e. The predicted molar refractivity (Wildman–Crippen MR) is 66.5 cm³/mol. The number of phenols is 1. The number of hydrogen-bond acceptors (Lipinski definition) is 2. The molecule has 0 heterocycles. The normalized spacial score (nSPS) is 12.2. The minimum absolute atomic E-state index is 0.165. The first-order valence-corrected chi connectivity index (χ1v) is 5.67. The largest absolute Gasteiger partial charge is 0.508 e. The Morgan fingerprint density at radius 2 is 1.68 bits per heavy atom. The number of rotatable bonds is 3. The maximum atomic E-state index is 13.6. The summed E-state index contributed by atoms with van der Waals surface area (Å²) in [7, 11) is 0. The van der Waals surface area contributed by atoms with Crippen molar-refractivity contribution < 1.29 is 18.3 Å². The van der Waals surface area contributed by atoms with Crippen LogP contribution in [0.3, 0.4) is 0 Å². The number of halogens is 3. The maximum Gasteiger partial charge on any atom is 0.160 e. The molecule has 2 aromatic rings. The van der Waals surface area contributed by atoms with Crippen LogP contribution in [0.2, 0.25) is 0 Å². The number of nitrogens with one attached hydrogen (secondary N) is 1. The number of hydrogen-bond donors (Lipinski definition) is 2. The molecule has 0 saturated heterocycles. The van der Waals surface area contributed by atoms with E-state index >= 15 is 0 Å². The fourth-order valence-electron chi connectivity index (χ4n) is 1.78. The molecule has 0 radical (unpaired) electrons. The van der Waals surface area contributed by atoms with Gasteiger partial charge in [-0.15, -0.1) is 0 Å². The van der Waals surface area contributed by atoms with E-state index in [2.05, 4.69) is 5.32 Å². The Bertz CT molecular complexity index is 601. The summed E-state index contributed by atoms with van der Waals surface area (Å²) >= 11 is 0. The fourth-order valence-corrected chi connectivity index (χ4v) is 1.78. The van der Waals surface area contributed by atoms with Crippen molar-refractivity contribution in [3.63, 3.8) is 0 Å². The molecule has 0 aliphatic carbocycles. The summed E-state index contributed by atoms with van der Waals surface area (Å²) in [6.07, 6.45) is 0. The second-order valence-corrected chi connectivity index (χ2v) is 4.20. The molecule has 0 aliphatic rings. The molecule has 2 rings (SSSR count). The molecule has 100 valence electrons. The second-order valence-electron chi connectivity index (χ2n) is 4.20. The van der Waals surface area contributed by atoms with E-state index in [1.807, 2.05) is 0 Å². The lowest BCUT2D eigenvalue weighted by Gasteiger charge is -2.16. The Balaban J connectivity index is 2.20. The summed E-state index contributed by atoms with van der Waals surface area (Å²) in [5.41, 5.74) is 0.668. The summed E-state index contributed by atoms with van der Waals surface area (Å²) in [6, 6.07) is 6.71. The van der Waals surface area contributed by atoms with E-state index in [4.69, 9.17) is 5.11 Å². The van der Waals surface area contributed by atoms with E-state index < -0.39 is 23.5 Å². The van der Waals surface area contributed by atoms with Crippen LogP contribution < -0.4 is 5.32 Å². The average molecular weight is 267 g/mol. The predicted octanol–water partition coefficient (Wildman–Crippen LogP) is 3.98. The maximum absolute atomic E-state index is 13.6. The van der Waals surface area contributed by atoms with Crippen LogP contribution in [0.15, 0.2) is 36.4 Å². The minimum Gasteiger partial charge on any atom is -0.508 e. The lowest BCUT2D eigenvalue weighted by Crippen LogP contribution is -2.08. The molecule has 1 unspecified atom stereocenters. The van der Waals surface area contributed by atoms with Crippen molar-refractivity contribution in [2.45, 2.75) is 13.0 Å². The summed E-state index contributed by atoms with van der Waals surface area (Å²) in [5.74, 6) is -2.64. The number of phenolic OH excluding ortho intramolecular Hbond substituents is 1. The van der Waals surface area contributed by atoms with E-state index in [1.165, 1.54) is 18.2 Å². The zero-order valence-corrected chi connectivity index (χ0v) is 10.1. The van der Waals surface area contributed by atoms with Crippen molar-refractivity contribution in [2.24, 2.45) is 0 Å². The first kappa shape index (κ1) is 13.3. The molecule has 0 fully saturated rings. The molecule has 0 spiro atoms. The van der Waals surface area contributed by atoms with Crippen LogP contribution in [-0.4, -0.2) is 5.11 Å². The Labute approximate surface area is 108 Å². The van der Waals surface area contributed by atoms with Crippen LogP contribution in [-0.2, 0) is 0 Å². The third-order valence-corrected chi connectivity index (χ3v) is 2.75. The van der Waals surface area contributed by atoms with Crippen LogP contribution in [0.25, 0.3) is 0 Å². The van der Waals surface area contributed by atoms with Crippen LogP contribution >= 0.6 is 0 Å². The topological polar surface area (TPSA) is 32.3 Å². The van der Waals surface area contributed by atoms with Crippen LogP contribution in [0.4, 0.5) is 18.9 Å². The van der Waals surface area contributed by atoms with Crippen molar-refractivity contribution in [1.82, 2.24) is 0 Å². The highest BCUT2D eigenvalue weighted by Gasteiger charge is 2.12. The van der Waals surface area contributed by atoms with Crippen LogP contribution in [0.1, 0.15) is 18.5 Å². The van der Waals surface area contributed by atoms with E-state index in [0.29, 0.717) is 11.3 Å². The van der Waals surface area contributed by atoms with E-state index in [9.17, 15) is 13.2 Å². The molecule has 0 aliphatic heterocycles. The third-order valence-electron chi connectivity index (χ3n) is 2.75. The average Bonchev–Trinajstić information content (AvgIpc) is 2.33. The molecule has 5 heteroatoms. The standard InChI is InChI=1S/C14H12F3NO/c1-8(11-4-3-10(19)7-13(11)16)18-9-2-5-12(15)14(17)6-9/h2-8,18-19H,1H3. The van der Waals surface area contributed by atoms with Gasteiger partial charge < -0.3 is 10.4 Å². The van der Waals surface area contributed by atoms with E-state index in [-0.39, 0.29) is 5.75 Å². The monoisotopic (exact) mass is 267 g/mol. The summed E-state index contributed by atoms with van der Waals surface area (Å²) < 4.78 is 39.4. The minimum atomic E-state index is -0.969. The molecule has 2 nitrogen and oxygen atoms in total. The van der Waals surface area contributed by atoms with Gasteiger partial charge in [0.05, 0.1) is 6.04 Å². The molecule has 0 amide bonds. The number of anilines is 1. The van der Waals surface area contributed by atoms with Gasteiger partial charge in [0, 0.05) is 23.4 Å². The number of aromatic hydroxyl groups is 1. The van der Waals surface area contributed by atoms with Gasteiger partial charge in [-0.3, -0.25) is 0 Å². The van der Waals surface area contributed by atoms with Gasteiger partial charge in [0.15, 0.2) is 11.6 Å². The fraction of sp³-hybridized carbons (Fsp3) is 0.143. The van der Waals surface area contributed by atoms with Gasteiger partial charge in [-0.1, -0.05) is 6.07 Å². The van der Waals surface area contributed by atoms with Gasteiger partial charge >= 0.3 is 0 Å². The number of benzene rings is 2. The molecule has 19 heavy (non-hydrogen) atoms. The molecule has 2 N–H and O–H groups in total. The highest BCUT2D eigenvalue weighted by Crippen LogP contribution is 2.25. The van der Waals surface area contributed by atoms with Gasteiger partial charge in [-0.05, 0) is 25.1 Å². The Morgan fingerprint density at radius 1 is 0.947 bits per heavy atom. The first-order chi connectivity index (χ1) is 8.97. The van der Waals surface area contributed by atoms with Crippen molar-refractivity contribution in [3.05, 3.63) is 59.4 Å². The Hall–Kier alpha value is -2.17. The van der Waals surface area contributed by atoms with Crippen LogP contribution in [0, 0.1) is 17.5 Å². The van der Waals surface area contributed by atoms with Crippen molar-refractivity contribution in [1.29, 1.82) is 0 Å². The SMILES string of the molecule is CC(Nc1ccc(F)c(F)c1)c1ccc(O)cc1F. The van der Waals surface area contributed by atoms with E-state index in [1.54, 1.807) is 6.92 Å². The van der Waals surface area contributed by atoms with E-state index in [0.717, 1.165) is 18.2 Å². The lowest BCUT2D eigenvalue weighted by molar-refractivity contribution is 0.467. The summed E-state index contributed by atoms with van der Waals surface area (Å²) in [4.78, 5) is 0. The van der Waals surface area contributed by atoms with Crippen molar-refractivity contribution in [2.75, 3.05) is 5.32 Å². The van der Waals surface area contributed by atoms with Gasteiger partial charge in [0.25, 0.3) is 0 Å². The van der Waals surface area contributed by atoms with Crippen molar-refractivity contribution >= 4 is 5.69 Å². The molecule has 0 aromatic heterocycles. The highest BCUT2D eigenvalue weighted by molar-refractivity contribution is 5.46. The third kappa shape index (κ3) is 2.99. The molecular formula is C14H12F3NO. The second kappa shape index (κ2) is 5.22. The first-order valence-electron chi connectivity index (χ1n) is 5.67. The van der Waals surface area contributed by atoms with Crippen LogP contribution in [0.5, 0.6) is 5.75 Å². The summed E-state index contributed by atoms with van der Waals surface area (Å²) in [5, 5.41) is 12.0. The lowest BCUT2D eigenvalue weighted by atomic mass is 10.1. The molecule has 2 aromatic carbocycles. The van der Waals surface area contributed by atoms with Gasteiger partial charge in [-0.2, -0.15) is 0 Å². The molecule has 0 bridgehead atoms. The summed E-state index contributed by atoms with van der Waals surface area (Å²) in [6.45, 7) is 1.68. The van der Waals surface area contributed by atoms with Gasteiger partial charge in [0.2, 0.25) is 0 Å². The molecular weight excluding hydrogens is 255 g/mol. The molecule has 1 atom stereocenters. The molecule has 0 saturated carbocycles. The van der Waals surface area contributed by atoms with Gasteiger partial charge in [-0.25, -0.2) is 13.2 Å². The zero-order valence-electron chi connectivity index (χ0n) is 10.1. The quantitative estimate of drug-likeness (QED) is 0.881. The Morgan fingerprint density at radius 3 is 2.32 bits per heavy atom. The van der Waals surface area contributed by atoms with Gasteiger partial charge in [0.1, 0.15) is 11.6 Å².